The molecule has 0 saturated carbocycles. The highest BCUT2D eigenvalue weighted by Crippen LogP contribution is 2.24. The maximum atomic E-state index is 11.9. The van der Waals surface area contributed by atoms with Gasteiger partial charge in [-0.15, -0.1) is 24.0 Å². The van der Waals surface area contributed by atoms with Gasteiger partial charge >= 0.3 is 6.09 Å². The number of aliphatic imine (C=N–C) groups is 1. The van der Waals surface area contributed by atoms with E-state index < -0.39 is 0 Å². The third-order valence-corrected chi connectivity index (χ3v) is 5.86. The van der Waals surface area contributed by atoms with E-state index in [1.807, 2.05) is 19.1 Å². The van der Waals surface area contributed by atoms with Crippen molar-refractivity contribution in [3.05, 3.63) is 29.8 Å². The van der Waals surface area contributed by atoms with Crippen LogP contribution in [0.25, 0.3) is 0 Å². The summed E-state index contributed by atoms with van der Waals surface area (Å²) >= 11 is 0. The second-order valence-corrected chi connectivity index (χ2v) is 7.84. The first kappa shape index (κ1) is 29.3. The second kappa shape index (κ2) is 16.0. The maximum absolute atomic E-state index is 11.9. The monoisotopic (exact) mass is 575 g/mol. The molecule has 1 saturated heterocycles. The molecule has 0 aliphatic carbocycles. The fourth-order valence-electron chi connectivity index (χ4n) is 4.06. The number of likely N-dealkylation sites (tertiary alicyclic amines) is 1. The number of amides is 1. The van der Waals surface area contributed by atoms with Crippen LogP contribution < -0.4 is 15.4 Å². The molecule has 0 spiro atoms. The summed E-state index contributed by atoms with van der Waals surface area (Å²) in [6, 6.07) is 8.70. The number of benzene rings is 1. The predicted molar refractivity (Wildman–Crippen MR) is 145 cm³/mol. The highest BCUT2D eigenvalue weighted by Gasteiger charge is 2.24. The Morgan fingerprint density at radius 3 is 2.48 bits per heavy atom. The predicted octanol–water partition coefficient (Wildman–Crippen LogP) is 3.87. The Hall–Kier alpha value is -1.75. The molecule has 1 aromatic rings. The van der Waals surface area contributed by atoms with Crippen molar-refractivity contribution < 1.29 is 14.3 Å². The third-order valence-electron chi connectivity index (χ3n) is 5.86. The van der Waals surface area contributed by atoms with Gasteiger partial charge in [-0.25, -0.2) is 4.79 Å². The molecule has 0 bridgehead atoms. The van der Waals surface area contributed by atoms with E-state index in [0.29, 0.717) is 26.2 Å². The zero-order chi connectivity index (χ0) is 23.3. The first-order valence-corrected chi connectivity index (χ1v) is 11.9. The average molecular weight is 576 g/mol. The number of halogens is 1. The number of rotatable bonds is 10. The summed E-state index contributed by atoms with van der Waals surface area (Å²) in [6.07, 6.45) is 1.53. The van der Waals surface area contributed by atoms with Gasteiger partial charge in [-0.05, 0) is 57.5 Å². The van der Waals surface area contributed by atoms with Gasteiger partial charge in [0.25, 0.3) is 0 Å². The number of piperidine rings is 1. The van der Waals surface area contributed by atoms with E-state index in [2.05, 4.69) is 48.4 Å². The lowest BCUT2D eigenvalue weighted by atomic mass is 10.0. The Morgan fingerprint density at radius 1 is 1.21 bits per heavy atom. The van der Waals surface area contributed by atoms with Crippen LogP contribution in [0.15, 0.2) is 29.3 Å². The second-order valence-electron chi connectivity index (χ2n) is 7.84. The summed E-state index contributed by atoms with van der Waals surface area (Å²) in [5.41, 5.74) is 1.20. The number of likely N-dealkylation sites (N-methyl/N-ethyl adjacent to an activating group) is 1. The summed E-state index contributed by atoms with van der Waals surface area (Å²) < 4.78 is 10.6. The van der Waals surface area contributed by atoms with Crippen LogP contribution in [0.3, 0.4) is 0 Å². The van der Waals surface area contributed by atoms with E-state index in [0.717, 1.165) is 44.2 Å². The van der Waals surface area contributed by atoms with Crippen molar-refractivity contribution in [2.45, 2.75) is 52.6 Å². The summed E-state index contributed by atoms with van der Waals surface area (Å²) in [5.74, 6) is 1.68. The van der Waals surface area contributed by atoms with Crippen LogP contribution in [-0.2, 0) is 4.74 Å². The topological polar surface area (TPSA) is 78.4 Å². The van der Waals surface area contributed by atoms with Gasteiger partial charge in [0.05, 0.1) is 26.3 Å². The number of methoxy groups -OCH3 is 1. The van der Waals surface area contributed by atoms with Crippen LogP contribution in [-0.4, -0.2) is 80.9 Å². The van der Waals surface area contributed by atoms with Crippen molar-refractivity contribution in [3.63, 3.8) is 0 Å². The number of carbonyl (C=O) groups is 1. The number of nitrogens with zero attached hydrogens (tertiary/aromatic N) is 3. The Kier molecular flexibility index (Phi) is 14.2. The summed E-state index contributed by atoms with van der Waals surface area (Å²) in [4.78, 5) is 21.1. The number of hydrogen-bond donors (Lipinski definition) is 2. The summed E-state index contributed by atoms with van der Waals surface area (Å²) in [6.45, 7) is 13.4. The van der Waals surface area contributed by atoms with Crippen molar-refractivity contribution in [1.29, 1.82) is 0 Å². The van der Waals surface area contributed by atoms with Crippen molar-refractivity contribution in [1.82, 2.24) is 20.4 Å². The van der Waals surface area contributed by atoms with E-state index in [-0.39, 0.29) is 42.2 Å². The minimum atomic E-state index is -0.216. The van der Waals surface area contributed by atoms with Crippen molar-refractivity contribution >= 4 is 36.0 Å². The number of hydrogen-bond acceptors (Lipinski definition) is 5. The Labute approximate surface area is 216 Å². The Morgan fingerprint density at radius 2 is 1.91 bits per heavy atom. The lowest BCUT2D eigenvalue weighted by Gasteiger charge is -2.33. The molecule has 1 aliphatic heterocycles. The number of nitrogens with one attached hydrogen (secondary N) is 2. The average Bonchev–Trinajstić information content (AvgIpc) is 2.82. The van der Waals surface area contributed by atoms with E-state index in [1.165, 1.54) is 5.56 Å². The van der Waals surface area contributed by atoms with Gasteiger partial charge < -0.3 is 25.0 Å². The molecule has 2 rings (SSSR count). The number of ether oxygens (including phenoxy) is 2. The van der Waals surface area contributed by atoms with Gasteiger partial charge in [0.1, 0.15) is 5.75 Å². The van der Waals surface area contributed by atoms with Gasteiger partial charge in [-0.1, -0.05) is 26.0 Å². The van der Waals surface area contributed by atoms with Crippen LogP contribution in [0.4, 0.5) is 4.79 Å². The fraction of sp³-hybridized carbons (Fsp3) is 0.667. The number of guanidine groups is 1. The Balaban J connectivity index is 0.00000544. The molecule has 9 heteroatoms. The van der Waals surface area contributed by atoms with E-state index in [9.17, 15) is 4.79 Å². The first-order valence-electron chi connectivity index (χ1n) is 11.9. The van der Waals surface area contributed by atoms with Crippen molar-refractivity contribution in [3.8, 4) is 5.75 Å². The van der Waals surface area contributed by atoms with Crippen LogP contribution >= 0.6 is 24.0 Å². The van der Waals surface area contributed by atoms with E-state index in [1.54, 1.807) is 12.0 Å². The minimum absolute atomic E-state index is 0. The van der Waals surface area contributed by atoms with E-state index in [4.69, 9.17) is 14.5 Å². The molecule has 8 nitrogen and oxygen atoms in total. The molecular formula is C24H42IN5O3. The van der Waals surface area contributed by atoms with E-state index >= 15 is 0 Å². The SMILES string of the molecule is CCNC(=NCC(c1cccc(OC)c1)N(CC)CC)NC1CCN(C(=O)OCC)CC1.I. The highest BCUT2D eigenvalue weighted by molar-refractivity contribution is 14.0. The highest BCUT2D eigenvalue weighted by atomic mass is 127. The fourth-order valence-corrected chi connectivity index (χ4v) is 4.06. The zero-order valence-corrected chi connectivity index (χ0v) is 23.1. The smallest absolute Gasteiger partial charge is 0.409 e. The van der Waals surface area contributed by atoms with Crippen LogP contribution in [0.1, 0.15) is 52.1 Å². The lowest BCUT2D eigenvalue weighted by Crippen LogP contribution is -2.50. The number of carbonyl (C=O) groups excluding carboxylic acids is 1. The normalized spacial score (nSPS) is 15.6. The molecule has 1 aromatic carbocycles. The molecule has 188 valence electrons. The maximum Gasteiger partial charge on any atom is 0.409 e. The molecule has 2 N–H and O–H groups in total. The van der Waals surface area contributed by atoms with Crippen LogP contribution in [0, 0.1) is 0 Å². The van der Waals surface area contributed by atoms with Gasteiger partial charge in [-0.3, -0.25) is 9.89 Å². The summed E-state index contributed by atoms with van der Waals surface area (Å²) in [7, 11) is 1.70. The van der Waals surface area contributed by atoms with Gasteiger partial charge in [0.15, 0.2) is 5.96 Å². The van der Waals surface area contributed by atoms with Gasteiger partial charge in [-0.2, -0.15) is 0 Å². The van der Waals surface area contributed by atoms with Crippen LogP contribution in [0.5, 0.6) is 5.75 Å². The molecule has 1 heterocycles. The minimum Gasteiger partial charge on any atom is -0.497 e. The van der Waals surface area contributed by atoms with Crippen molar-refractivity contribution in [2.24, 2.45) is 4.99 Å². The largest absolute Gasteiger partial charge is 0.497 e. The molecule has 1 fully saturated rings. The quantitative estimate of drug-likeness (QED) is 0.251. The van der Waals surface area contributed by atoms with Gasteiger partial charge in [0, 0.05) is 25.7 Å². The molecule has 0 aromatic heterocycles. The zero-order valence-electron chi connectivity index (χ0n) is 20.8. The lowest BCUT2D eigenvalue weighted by molar-refractivity contribution is 0.0963. The first-order chi connectivity index (χ1) is 15.6. The molecule has 1 amide bonds. The molecule has 33 heavy (non-hydrogen) atoms. The Bertz CT molecular complexity index is 722. The molecule has 0 radical (unpaired) electrons. The third kappa shape index (κ3) is 9.19. The van der Waals surface area contributed by atoms with Crippen LogP contribution in [0.2, 0.25) is 0 Å². The summed E-state index contributed by atoms with van der Waals surface area (Å²) in [5, 5.41) is 6.95. The molecule has 1 aliphatic rings. The molecular weight excluding hydrogens is 533 g/mol. The van der Waals surface area contributed by atoms with Gasteiger partial charge in [0.2, 0.25) is 0 Å². The van der Waals surface area contributed by atoms with Crippen molar-refractivity contribution in [2.75, 3.05) is 53.0 Å². The molecule has 1 unspecified atom stereocenters. The molecule has 1 atom stereocenters. The standard InChI is InChI=1S/C24H41N5O3.HI/c1-6-25-23(27-20-13-15-29(16-14-20)24(30)32-9-4)26-18-22(28(7-2)8-3)19-11-10-12-21(17-19)31-5;/h10-12,17,20,22H,6-9,13-16,18H2,1-5H3,(H2,25,26,27);1H.